The summed E-state index contributed by atoms with van der Waals surface area (Å²) >= 11 is 9.34. The number of hydrogen-bond acceptors (Lipinski definition) is 2. The Labute approximate surface area is 124 Å². The molecule has 0 saturated carbocycles. The zero-order valence-corrected chi connectivity index (χ0v) is 12.3. The van der Waals surface area contributed by atoms with Crippen LogP contribution in [0.15, 0.2) is 46.9 Å². The molecule has 0 aliphatic carbocycles. The van der Waals surface area contributed by atoms with Crippen LogP contribution in [0.2, 0.25) is 5.02 Å². The molecule has 0 fully saturated rings. The smallest absolute Gasteiger partial charge is 0.146 e. The second-order valence-electron chi connectivity index (χ2n) is 3.83. The van der Waals surface area contributed by atoms with Crippen LogP contribution in [0.3, 0.4) is 0 Å². The number of rotatable bonds is 5. The lowest BCUT2D eigenvalue weighted by atomic mass is 10.3. The van der Waals surface area contributed by atoms with E-state index in [-0.39, 0.29) is 5.82 Å². The normalized spacial score (nSPS) is 10.3. The van der Waals surface area contributed by atoms with Crippen molar-refractivity contribution in [2.75, 3.05) is 18.5 Å². The van der Waals surface area contributed by atoms with Crippen LogP contribution >= 0.6 is 27.5 Å². The van der Waals surface area contributed by atoms with Gasteiger partial charge < -0.3 is 10.1 Å². The highest BCUT2D eigenvalue weighted by Crippen LogP contribution is 2.27. The molecule has 0 aromatic heterocycles. The van der Waals surface area contributed by atoms with E-state index >= 15 is 0 Å². The second kappa shape index (κ2) is 6.78. The zero-order chi connectivity index (χ0) is 13.7. The highest BCUT2D eigenvalue weighted by atomic mass is 79.9. The van der Waals surface area contributed by atoms with Gasteiger partial charge in [0.1, 0.15) is 18.2 Å². The Hall–Kier alpha value is -1.26. The van der Waals surface area contributed by atoms with Gasteiger partial charge in [-0.2, -0.15) is 0 Å². The van der Waals surface area contributed by atoms with Crippen LogP contribution in [0, 0.1) is 5.82 Å². The summed E-state index contributed by atoms with van der Waals surface area (Å²) in [6, 6.07) is 11.9. The van der Waals surface area contributed by atoms with E-state index in [1.807, 2.05) is 6.07 Å². The zero-order valence-electron chi connectivity index (χ0n) is 10.00. The summed E-state index contributed by atoms with van der Waals surface area (Å²) in [6.45, 7) is 0.883. The van der Waals surface area contributed by atoms with E-state index in [0.717, 1.165) is 4.47 Å². The summed E-state index contributed by atoms with van der Waals surface area (Å²) in [7, 11) is 0. The Morgan fingerprint density at radius 1 is 1.21 bits per heavy atom. The van der Waals surface area contributed by atoms with Gasteiger partial charge in [0.25, 0.3) is 0 Å². The average Bonchev–Trinajstić information content (AvgIpc) is 2.40. The molecule has 0 aliphatic rings. The van der Waals surface area contributed by atoms with Crippen molar-refractivity contribution in [1.29, 1.82) is 0 Å². The molecule has 2 rings (SSSR count). The highest BCUT2D eigenvalue weighted by Gasteiger charge is 2.03. The Morgan fingerprint density at radius 3 is 2.79 bits per heavy atom. The summed E-state index contributed by atoms with van der Waals surface area (Å²) in [5.41, 5.74) is 0.464. The SMILES string of the molecule is Fc1ccccc1NCCOc1cc(Br)ccc1Cl. The number of ether oxygens (including phenoxy) is 1. The third-order valence-electron chi connectivity index (χ3n) is 2.44. The van der Waals surface area contributed by atoms with Gasteiger partial charge in [0.05, 0.1) is 10.7 Å². The van der Waals surface area contributed by atoms with Gasteiger partial charge in [-0.3, -0.25) is 0 Å². The third-order valence-corrected chi connectivity index (χ3v) is 3.25. The second-order valence-corrected chi connectivity index (χ2v) is 5.15. The molecule has 0 unspecified atom stereocenters. The molecule has 100 valence electrons. The number of halogens is 3. The lowest BCUT2D eigenvalue weighted by Crippen LogP contribution is -2.12. The molecule has 0 radical (unpaired) electrons. The third kappa shape index (κ3) is 4.11. The molecule has 0 amide bonds. The van der Waals surface area contributed by atoms with Crippen LogP contribution in [0.5, 0.6) is 5.75 Å². The Balaban J connectivity index is 1.84. The molecule has 2 aromatic rings. The van der Waals surface area contributed by atoms with Gasteiger partial charge in [-0.25, -0.2) is 4.39 Å². The first-order valence-corrected chi connectivity index (χ1v) is 6.90. The molecule has 0 atom stereocenters. The van der Waals surface area contributed by atoms with Crippen LogP contribution < -0.4 is 10.1 Å². The fourth-order valence-electron chi connectivity index (χ4n) is 1.54. The molecule has 0 bridgehead atoms. The molecule has 0 aliphatic heterocycles. The highest BCUT2D eigenvalue weighted by molar-refractivity contribution is 9.10. The van der Waals surface area contributed by atoms with Crippen LogP contribution in [-0.4, -0.2) is 13.2 Å². The Bertz CT molecular complexity index is 565. The summed E-state index contributed by atoms with van der Waals surface area (Å²) in [4.78, 5) is 0. The standard InChI is InChI=1S/C14H12BrClFNO/c15-10-5-6-11(16)14(9-10)19-8-7-18-13-4-2-1-3-12(13)17/h1-6,9,18H,7-8H2. The van der Waals surface area contributed by atoms with Gasteiger partial charge in [0.15, 0.2) is 0 Å². The Morgan fingerprint density at radius 2 is 2.00 bits per heavy atom. The van der Waals surface area contributed by atoms with E-state index in [1.165, 1.54) is 6.07 Å². The molecule has 0 saturated heterocycles. The minimum absolute atomic E-state index is 0.275. The summed E-state index contributed by atoms with van der Waals surface area (Å²) in [6.07, 6.45) is 0. The van der Waals surface area contributed by atoms with Crippen molar-refractivity contribution in [2.24, 2.45) is 0 Å². The first kappa shape index (κ1) is 14.2. The molecule has 2 nitrogen and oxygen atoms in total. The lowest BCUT2D eigenvalue weighted by Gasteiger charge is -2.10. The number of hydrogen-bond donors (Lipinski definition) is 1. The van der Waals surface area contributed by atoms with Crippen molar-refractivity contribution in [1.82, 2.24) is 0 Å². The van der Waals surface area contributed by atoms with Crippen LogP contribution in [0.4, 0.5) is 10.1 Å². The summed E-state index contributed by atoms with van der Waals surface area (Å²) < 4.78 is 19.8. The fraction of sp³-hybridized carbons (Fsp3) is 0.143. The number of nitrogens with one attached hydrogen (secondary N) is 1. The van der Waals surface area contributed by atoms with Crippen molar-refractivity contribution >= 4 is 33.2 Å². The van der Waals surface area contributed by atoms with Crippen molar-refractivity contribution in [2.45, 2.75) is 0 Å². The average molecular weight is 345 g/mol. The fourth-order valence-corrected chi connectivity index (χ4v) is 2.05. The number of para-hydroxylation sites is 1. The van der Waals surface area contributed by atoms with Gasteiger partial charge in [0.2, 0.25) is 0 Å². The Kier molecular flexibility index (Phi) is 5.05. The van der Waals surface area contributed by atoms with Crippen molar-refractivity contribution < 1.29 is 9.13 Å². The van der Waals surface area contributed by atoms with Gasteiger partial charge in [0, 0.05) is 11.0 Å². The van der Waals surface area contributed by atoms with E-state index < -0.39 is 0 Å². The maximum Gasteiger partial charge on any atom is 0.146 e. The van der Waals surface area contributed by atoms with Crippen molar-refractivity contribution in [3.05, 3.63) is 57.8 Å². The van der Waals surface area contributed by atoms with E-state index in [9.17, 15) is 4.39 Å². The molecule has 5 heteroatoms. The predicted molar refractivity (Wildman–Crippen MR) is 79.5 cm³/mol. The van der Waals surface area contributed by atoms with Crippen LogP contribution in [0.25, 0.3) is 0 Å². The number of benzene rings is 2. The molecular weight excluding hydrogens is 333 g/mol. The molecule has 0 heterocycles. The maximum absolute atomic E-state index is 13.3. The van der Waals surface area contributed by atoms with Crippen LogP contribution in [0.1, 0.15) is 0 Å². The van der Waals surface area contributed by atoms with Gasteiger partial charge in [-0.05, 0) is 30.3 Å². The molecule has 1 N–H and O–H groups in total. The van der Waals surface area contributed by atoms with E-state index in [4.69, 9.17) is 16.3 Å². The monoisotopic (exact) mass is 343 g/mol. The van der Waals surface area contributed by atoms with Crippen molar-refractivity contribution in [3.63, 3.8) is 0 Å². The predicted octanol–water partition coefficient (Wildman–Crippen LogP) is 4.73. The maximum atomic E-state index is 13.3. The topological polar surface area (TPSA) is 21.3 Å². The van der Waals surface area contributed by atoms with Gasteiger partial charge in [-0.15, -0.1) is 0 Å². The summed E-state index contributed by atoms with van der Waals surface area (Å²) in [5.74, 6) is 0.328. The minimum atomic E-state index is -0.275. The van der Waals surface area contributed by atoms with E-state index in [0.29, 0.717) is 29.6 Å². The first-order valence-electron chi connectivity index (χ1n) is 5.73. The van der Waals surface area contributed by atoms with Gasteiger partial charge in [-0.1, -0.05) is 39.7 Å². The molecule has 0 spiro atoms. The van der Waals surface area contributed by atoms with E-state index in [2.05, 4.69) is 21.2 Å². The quantitative estimate of drug-likeness (QED) is 0.792. The lowest BCUT2D eigenvalue weighted by molar-refractivity contribution is 0.332. The van der Waals surface area contributed by atoms with E-state index in [1.54, 1.807) is 30.3 Å². The molecule has 19 heavy (non-hydrogen) atoms. The molecular formula is C14H12BrClFNO. The largest absolute Gasteiger partial charge is 0.490 e. The van der Waals surface area contributed by atoms with Gasteiger partial charge >= 0.3 is 0 Å². The summed E-state index contributed by atoms with van der Waals surface area (Å²) in [5, 5.41) is 3.51. The van der Waals surface area contributed by atoms with Crippen molar-refractivity contribution in [3.8, 4) is 5.75 Å². The first-order chi connectivity index (χ1) is 9.16. The molecule has 2 aromatic carbocycles. The minimum Gasteiger partial charge on any atom is -0.490 e. The van der Waals surface area contributed by atoms with Crippen LogP contribution in [-0.2, 0) is 0 Å². The number of anilines is 1.